The van der Waals surface area contributed by atoms with Crippen LogP contribution in [0.5, 0.6) is 0 Å². The van der Waals surface area contributed by atoms with Crippen LogP contribution < -0.4 is 10.7 Å². The van der Waals surface area contributed by atoms with E-state index in [0.29, 0.717) is 23.6 Å². The third kappa shape index (κ3) is 4.59. The first-order valence-corrected chi connectivity index (χ1v) is 10.2. The standard InChI is InChI=1S/C21H31N5O3/c1-5-25-9-6-7-15(25)12-26-13-17(21(28)29)18(27)16-11-14(2)19(23-20(16)26)22-8-10-24(3)4/h11,13,15H,5-10,12H2,1-4H3,(H,22,23)(H,28,29)/t15-/m0/s1. The maximum Gasteiger partial charge on any atom is 0.341 e. The number of nitrogens with one attached hydrogen (secondary N) is 1. The SMILES string of the molecule is CCN1CCC[C@H]1Cn1cc(C(=O)O)c(=O)c2cc(C)c(NCCN(C)C)nc21. The average Bonchev–Trinajstić information content (AvgIpc) is 3.11. The molecule has 29 heavy (non-hydrogen) atoms. The Labute approximate surface area is 171 Å². The van der Waals surface area contributed by atoms with E-state index in [1.807, 2.05) is 25.6 Å². The van der Waals surface area contributed by atoms with Crippen LogP contribution in [0.15, 0.2) is 17.1 Å². The van der Waals surface area contributed by atoms with Crippen molar-refractivity contribution in [1.82, 2.24) is 19.4 Å². The van der Waals surface area contributed by atoms with Crippen LogP contribution in [0.1, 0.15) is 35.7 Å². The summed E-state index contributed by atoms with van der Waals surface area (Å²) in [4.78, 5) is 33.7. The van der Waals surface area contributed by atoms with Crippen LogP contribution in [0.2, 0.25) is 0 Å². The molecule has 0 spiro atoms. The molecule has 0 bridgehead atoms. The van der Waals surface area contributed by atoms with Crippen LogP contribution in [-0.4, -0.2) is 76.7 Å². The number of likely N-dealkylation sites (N-methyl/N-ethyl adjacent to an activating group) is 2. The number of carbonyl (C=O) groups is 1. The van der Waals surface area contributed by atoms with Gasteiger partial charge in [0.25, 0.3) is 0 Å². The van der Waals surface area contributed by atoms with Gasteiger partial charge in [0.05, 0.1) is 5.39 Å². The van der Waals surface area contributed by atoms with Gasteiger partial charge < -0.3 is 19.9 Å². The number of anilines is 1. The van der Waals surface area contributed by atoms with E-state index in [1.54, 1.807) is 6.07 Å². The number of pyridine rings is 2. The number of fused-ring (bicyclic) bond motifs is 1. The number of aryl methyl sites for hydroxylation is 1. The molecular weight excluding hydrogens is 370 g/mol. The Bertz CT molecular complexity index is 953. The number of carboxylic acid groups (broad SMARTS) is 1. The van der Waals surface area contributed by atoms with Crippen molar-refractivity contribution in [3.8, 4) is 0 Å². The first-order chi connectivity index (χ1) is 13.8. The van der Waals surface area contributed by atoms with Crippen LogP contribution in [0.4, 0.5) is 5.82 Å². The summed E-state index contributed by atoms with van der Waals surface area (Å²) in [5, 5.41) is 13.2. The summed E-state index contributed by atoms with van der Waals surface area (Å²) in [5.74, 6) is -0.468. The molecule has 8 heteroatoms. The lowest BCUT2D eigenvalue weighted by atomic mass is 10.1. The lowest BCUT2D eigenvalue weighted by molar-refractivity contribution is 0.0694. The molecule has 3 rings (SSSR count). The van der Waals surface area contributed by atoms with Gasteiger partial charge in [-0.1, -0.05) is 6.92 Å². The number of hydrogen-bond acceptors (Lipinski definition) is 6. The van der Waals surface area contributed by atoms with Crippen molar-refractivity contribution in [2.75, 3.05) is 45.6 Å². The normalized spacial score (nSPS) is 17.3. The van der Waals surface area contributed by atoms with Crippen molar-refractivity contribution in [2.45, 2.75) is 39.3 Å². The van der Waals surface area contributed by atoms with Gasteiger partial charge in [-0.25, -0.2) is 9.78 Å². The number of aromatic carboxylic acids is 1. The van der Waals surface area contributed by atoms with E-state index in [2.05, 4.69) is 22.0 Å². The molecule has 2 aromatic rings. The highest BCUT2D eigenvalue weighted by atomic mass is 16.4. The predicted molar refractivity (Wildman–Crippen MR) is 115 cm³/mol. The van der Waals surface area contributed by atoms with Crippen LogP contribution in [-0.2, 0) is 6.54 Å². The van der Waals surface area contributed by atoms with E-state index in [0.717, 1.165) is 50.4 Å². The summed E-state index contributed by atoms with van der Waals surface area (Å²) in [5.41, 5.74) is 0.699. The molecule has 0 aromatic carbocycles. The molecule has 3 heterocycles. The van der Waals surface area contributed by atoms with Crippen LogP contribution in [0.25, 0.3) is 11.0 Å². The third-order valence-corrected chi connectivity index (χ3v) is 5.63. The second-order valence-corrected chi connectivity index (χ2v) is 8.01. The Morgan fingerprint density at radius 1 is 1.41 bits per heavy atom. The van der Waals surface area contributed by atoms with E-state index in [1.165, 1.54) is 6.20 Å². The zero-order valence-corrected chi connectivity index (χ0v) is 17.7. The fourth-order valence-corrected chi connectivity index (χ4v) is 4.02. The molecule has 2 aromatic heterocycles. The Morgan fingerprint density at radius 2 is 2.17 bits per heavy atom. The first-order valence-electron chi connectivity index (χ1n) is 10.2. The molecular formula is C21H31N5O3. The lowest BCUT2D eigenvalue weighted by Crippen LogP contribution is -2.33. The minimum absolute atomic E-state index is 0.201. The van der Waals surface area contributed by atoms with Crippen molar-refractivity contribution in [3.05, 3.63) is 33.6 Å². The van der Waals surface area contributed by atoms with Crippen molar-refractivity contribution < 1.29 is 9.90 Å². The molecule has 158 valence electrons. The number of rotatable bonds is 8. The van der Waals surface area contributed by atoms with Gasteiger partial charge in [0, 0.05) is 31.9 Å². The van der Waals surface area contributed by atoms with E-state index in [9.17, 15) is 14.7 Å². The third-order valence-electron chi connectivity index (χ3n) is 5.63. The first kappa shape index (κ1) is 21.3. The van der Waals surface area contributed by atoms with Crippen molar-refractivity contribution in [3.63, 3.8) is 0 Å². The second kappa shape index (κ2) is 8.92. The van der Waals surface area contributed by atoms with E-state index in [4.69, 9.17) is 4.98 Å². The van der Waals surface area contributed by atoms with Crippen molar-refractivity contribution in [2.24, 2.45) is 0 Å². The molecule has 0 aliphatic carbocycles. The highest BCUT2D eigenvalue weighted by Crippen LogP contribution is 2.22. The summed E-state index contributed by atoms with van der Waals surface area (Å²) in [6.07, 6.45) is 3.65. The Balaban J connectivity index is 2.07. The van der Waals surface area contributed by atoms with Crippen LogP contribution in [0, 0.1) is 6.92 Å². The minimum Gasteiger partial charge on any atom is -0.477 e. The van der Waals surface area contributed by atoms with Crippen LogP contribution >= 0.6 is 0 Å². The van der Waals surface area contributed by atoms with Crippen LogP contribution in [0.3, 0.4) is 0 Å². The van der Waals surface area contributed by atoms with Gasteiger partial charge in [0.2, 0.25) is 5.43 Å². The van der Waals surface area contributed by atoms with Gasteiger partial charge >= 0.3 is 5.97 Å². The highest BCUT2D eigenvalue weighted by Gasteiger charge is 2.25. The summed E-state index contributed by atoms with van der Waals surface area (Å²) >= 11 is 0. The molecule has 0 radical (unpaired) electrons. The van der Waals surface area contributed by atoms with Gasteiger partial charge in [-0.2, -0.15) is 0 Å². The van der Waals surface area contributed by atoms with Crippen molar-refractivity contribution >= 4 is 22.8 Å². The van der Waals surface area contributed by atoms with Gasteiger partial charge in [-0.3, -0.25) is 9.69 Å². The molecule has 1 aliphatic rings. The molecule has 1 fully saturated rings. The van der Waals surface area contributed by atoms with Gasteiger partial charge in [-0.05, 0) is 58.6 Å². The second-order valence-electron chi connectivity index (χ2n) is 8.01. The molecule has 0 saturated carbocycles. The fourth-order valence-electron chi connectivity index (χ4n) is 4.02. The number of aromatic nitrogens is 2. The summed E-state index contributed by atoms with van der Waals surface area (Å²) < 4.78 is 1.86. The quantitative estimate of drug-likeness (QED) is 0.698. The maximum absolute atomic E-state index is 12.8. The highest BCUT2D eigenvalue weighted by molar-refractivity contribution is 5.92. The van der Waals surface area contributed by atoms with Crippen molar-refractivity contribution in [1.29, 1.82) is 0 Å². The largest absolute Gasteiger partial charge is 0.477 e. The van der Waals surface area contributed by atoms with Gasteiger partial charge in [0.1, 0.15) is 17.0 Å². The predicted octanol–water partition coefficient (Wildman–Crippen LogP) is 1.86. The molecule has 0 amide bonds. The summed E-state index contributed by atoms with van der Waals surface area (Å²) in [6, 6.07) is 2.08. The summed E-state index contributed by atoms with van der Waals surface area (Å²) in [6.45, 7) is 8.25. The van der Waals surface area contributed by atoms with Gasteiger partial charge in [0.15, 0.2) is 0 Å². The zero-order chi connectivity index (χ0) is 21.1. The summed E-state index contributed by atoms with van der Waals surface area (Å²) in [7, 11) is 4.02. The number of hydrogen-bond donors (Lipinski definition) is 2. The Kier molecular flexibility index (Phi) is 6.54. The maximum atomic E-state index is 12.8. The number of likely N-dealkylation sites (tertiary alicyclic amines) is 1. The molecule has 8 nitrogen and oxygen atoms in total. The minimum atomic E-state index is -1.20. The smallest absolute Gasteiger partial charge is 0.341 e. The molecule has 1 saturated heterocycles. The number of nitrogens with zero attached hydrogens (tertiary/aromatic N) is 4. The molecule has 0 unspecified atom stereocenters. The molecule has 1 aliphatic heterocycles. The van der Waals surface area contributed by atoms with E-state index < -0.39 is 11.4 Å². The molecule has 1 atom stereocenters. The number of carboxylic acids is 1. The van der Waals surface area contributed by atoms with E-state index in [-0.39, 0.29) is 5.56 Å². The Morgan fingerprint density at radius 3 is 2.83 bits per heavy atom. The lowest BCUT2D eigenvalue weighted by Gasteiger charge is -2.25. The zero-order valence-electron chi connectivity index (χ0n) is 17.7. The fraction of sp³-hybridized carbons (Fsp3) is 0.571. The molecule has 2 N–H and O–H groups in total. The van der Waals surface area contributed by atoms with Gasteiger partial charge in [-0.15, -0.1) is 0 Å². The van der Waals surface area contributed by atoms with E-state index >= 15 is 0 Å². The average molecular weight is 402 g/mol. The topological polar surface area (TPSA) is 90.7 Å². The monoisotopic (exact) mass is 401 g/mol. The Hall–Kier alpha value is -2.45.